The summed E-state index contributed by atoms with van der Waals surface area (Å²) in [6, 6.07) is 12.0. The lowest BCUT2D eigenvalue weighted by Gasteiger charge is -2.36. The zero-order chi connectivity index (χ0) is 29.6. The minimum absolute atomic E-state index is 0.0564. The highest BCUT2D eigenvalue weighted by Crippen LogP contribution is 2.36. The highest BCUT2D eigenvalue weighted by Gasteiger charge is 2.38. The second kappa shape index (κ2) is 13.4. The summed E-state index contributed by atoms with van der Waals surface area (Å²) in [5, 5.41) is 27.4. The van der Waals surface area contributed by atoms with Crippen LogP contribution in [0.4, 0.5) is 13.2 Å². The van der Waals surface area contributed by atoms with Crippen molar-refractivity contribution in [1.29, 1.82) is 0 Å². The van der Waals surface area contributed by atoms with E-state index in [1.54, 1.807) is 11.3 Å². The number of aliphatic carboxylic acids is 2. The van der Waals surface area contributed by atoms with E-state index in [4.69, 9.17) is 31.3 Å². The topological polar surface area (TPSA) is 113 Å². The van der Waals surface area contributed by atoms with Crippen molar-refractivity contribution in [3.63, 3.8) is 0 Å². The van der Waals surface area contributed by atoms with Gasteiger partial charge in [-0.25, -0.2) is 4.79 Å². The standard InChI is InChI=1S/C25H28ClN3O3S.C2HF3O2/c1-4-19-16(10-11-29-13-18(14-29)25(30)31)6-5-7-20(19)24-28-27-23(33-24)17-8-9-22(21(26)12-17)32-15(2)3;3-2(4,5)1(6)7/h5-9,12,15,18H,4,10-11,13-14H2,1-3H3,(H,30,31);(H,6,7). The van der Waals surface area contributed by atoms with Crippen molar-refractivity contribution in [3.05, 3.63) is 52.5 Å². The summed E-state index contributed by atoms with van der Waals surface area (Å²) in [4.78, 5) is 22.1. The molecule has 0 bridgehead atoms. The van der Waals surface area contributed by atoms with E-state index in [1.807, 2.05) is 32.0 Å². The van der Waals surface area contributed by atoms with Crippen LogP contribution >= 0.6 is 22.9 Å². The van der Waals surface area contributed by atoms with Crippen LogP contribution in [0.15, 0.2) is 36.4 Å². The Labute approximate surface area is 238 Å². The summed E-state index contributed by atoms with van der Waals surface area (Å²) in [6.45, 7) is 8.24. The summed E-state index contributed by atoms with van der Waals surface area (Å²) in [5.74, 6) is -3.01. The Balaban J connectivity index is 0.000000559. The first kappa shape index (κ1) is 31.3. The molecule has 1 aliphatic heterocycles. The molecule has 2 aromatic carbocycles. The Bertz CT molecular complexity index is 1340. The molecule has 0 atom stereocenters. The Morgan fingerprint density at radius 3 is 2.35 bits per heavy atom. The van der Waals surface area contributed by atoms with Gasteiger partial charge in [-0.2, -0.15) is 13.2 Å². The summed E-state index contributed by atoms with van der Waals surface area (Å²) in [5.41, 5.74) is 4.58. The van der Waals surface area contributed by atoms with Crippen LogP contribution in [0.3, 0.4) is 0 Å². The third kappa shape index (κ3) is 8.15. The van der Waals surface area contributed by atoms with Gasteiger partial charge in [0, 0.05) is 30.8 Å². The molecule has 1 saturated heterocycles. The van der Waals surface area contributed by atoms with Gasteiger partial charge >= 0.3 is 18.1 Å². The van der Waals surface area contributed by atoms with Gasteiger partial charge in [0.2, 0.25) is 0 Å². The van der Waals surface area contributed by atoms with Gasteiger partial charge in [-0.05, 0) is 56.0 Å². The highest BCUT2D eigenvalue weighted by atomic mass is 35.5. The SMILES string of the molecule is CCc1c(CCN2CC(C(=O)O)C2)cccc1-c1nnc(-c2ccc(OC(C)C)c(Cl)c2)s1.O=C(O)C(F)(F)F. The third-order valence-electron chi connectivity index (χ3n) is 6.07. The van der Waals surface area contributed by atoms with Gasteiger partial charge in [0.1, 0.15) is 15.8 Å². The maximum Gasteiger partial charge on any atom is 0.490 e. The number of hydrogen-bond acceptors (Lipinski definition) is 7. The van der Waals surface area contributed by atoms with Crippen LogP contribution in [0.1, 0.15) is 31.9 Å². The normalized spacial score (nSPS) is 13.9. The van der Waals surface area contributed by atoms with Crippen molar-refractivity contribution in [1.82, 2.24) is 15.1 Å². The first-order valence-corrected chi connectivity index (χ1v) is 13.7. The molecule has 0 amide bonds. The smallest absolute Gasteiger partial charge is 0.489 e. The number of likely N-dealkylation sites (tertiary alicyclic amines) is 1. The van der Waals surface area contributed by atoms with Crippen LogP contribution in [-0.2, 0) is 22.4 Å². The number of alkyl halides is 3. The van der Waals surface area contributed by atoms with E-state index >= 15 is 0 Å². The molecule has 1 aliphatic rings. The largest absolute Gasteiger partial charge is 0.490 e. The fourth-order valence-corrected chi connectivity index (χ4v) is 5.22. The second-order valence-corrected chi connectivity index (χ2v) is 10.8. The molecule has 2 heterocycles. The van der Waals surface area contributed by atoms with E-state index in [2.05, 4.69) is 40.2 Å². The van der Waals surface area contributed by atoms with Gasteiger partial charge in [0.05, 0.1) is 17.0 Å². The fourth-order valence-electron chi connectivity index (χ4n) is 4.11. The van der Waals surface area contributed by atoms with Crippen LogP contribution < -0.4 is 4.74 Å². The van der Waals surface area contributed by atoms with Gasteiger partial charge in [0.25, 0.3) is 0 Å². The van der Waals surface area contributed by atoms with Crippen LogP contribution in [0.2, 0.25) is 5.02 Å². The number of ether oxygens (including phenoxy) is 1. The molecule has 40 heavy (non-hydrogen) atoms. The van der Waals surface area contributed by atoms with E-state index in [-0.39, 0.29) is 12.0 Å². The van der Waals surface area contributed by atoms with Gasteiger partial charge in [-0.3, -0.25) is 4.79 Å². The van der Waals surface area contributed by atoms with Gasteiger partial charge in [-0.15, -0.1) is 10.2 Å². The number of nitrogens with zero attached hydrogens (tertiary/aromatic N) is 3. The minimum Gasteiger partial charge on any atom is -0.489 e. The van der Waals surface area contributed by atoms with Crippen LogP contribution in [-0.4, -0.2) is 69.2 Å². The van der Waals surface area contributed by atoms with Gasteiger partial charge in [-0.1, -0.05) is 48.1 Å². The quantitative estimate of drug-likeness (QED) is 0.305. The van der Waals surface area contributed by atoms with E-state index in [1.165, 1.54) is 11.1 Å². The molecule has 1 fully saturated rings. The third-order valence-corrected chi connectivity index (χ3v) is 7.37. The number of rotatable bonds is 9. The van der Waals surface area contributed by atoms with Crippen molar-refractivity contribution in [2.75, 3.05) is 19.6 Å². The monoisotopic (exact) mass is 599 g/mol. The van der Waals surface area contributed by atoms with Crippen LogP contribution in [0.25, 0.3) is 21.1 Å². The molecule has 0 radical (unpaired) electrons. The Hall–Kier alpha value is -3.22. The number of benzene rings is 2. The van der Waals surface area contributed by atoms with Gasteiger partial charge in [0.15, 0.2) is 0 Å². The van der Waals surface area contributed by atoms with Gasteiger partial charge < -0.3 is 19.8 Å². The lowest BCUT2D eigenvalue weighted by Crippen LogP contribution is -2.50. The molecule has 0 saturated carbocycles. The Kier molecular flexibility index (Phi) is 10.5. The lowest BCUT2D eigenvalue weighted by atomic mass is 9.95. The van der Waals surface area contributed by atoms with Crippen molar-refractivity contribution < 1.29 is 37.7 Å². The molecule has 0 unspecified atom stereocenters. The average Bonchev–Trinajstić information content (AvgIpc) is 3.33. The van der Waals surface area contributed by atoms with E-state index < -0.39 is 18.1 Å². The number of carbonyl (C=O) groups is 2. The highest BCUT2D eigenvalue weighted by molar-refractivity contribution is 7.17. The van der Waals surface area contributed by atoms with Crippen molar-refractivity contribution in [3.8, 4) is 26.9 Å². The molecule has 0 aliphatic carbocycles. The average molecular weight is 600 g/mol. The van der Waals surface area contributed by atoms with E-state index in [9.17, 15) is 18.0 Å². The predicted molar refractivity (Wildman–Crippen MR) is 146 cm³/mol. The summed E-state index contributed by atoms with van der Waals surface area (Å²) in [7, 11) is 0. The molecule has 8 nitrogen and oxygen atoms in total. The molecule has 216 valence electrons. The van der Waals surface area contributed by atoms with Crippen LogP contribution in [0, 0.1) is 5.92 Å². The fraction of sp³-hybridized carbons (Fsp3) is 0.407. The number of hydrogen-bond donors (Lipinski definition) is 2. The molecule has 4 rings (SSSR count). The summed E-state index contributed by atoms with van der Waals surface area (Å²) in [6.07, 6.45) is -3.24. The van der Waals surface area contributed by atoms with Crippen LogP contribution in [0.5, 0.6) is 5.75 Å². The first-order chi connectivity index (χ1) is 18.8. The van der Waals surface area contributed by atoms with E-state index in [0.29, 0.717) is 23.9 Å². The molecule has 2 N–H and O–H groups in total. The van der Waals surface area contributed by atoms with Crippen molar-refractivity contribution in [2.24, 2.45) is 5.92 Å². The molecular weight excluding hydrogens is 571 g/mol. The molecule has 0 spiro atoms. The molecule has 3 aromatic rings. The first-order valence-electron chi connectivity index (χ1n) is 12.5. The second-order valence-electron chi connectivity index (χ2n) is 9.37. The Morgan fingerprint density at radius 2 is 1.80 bits per heavy atom. The van der Waals surface area contributed by atoms with Crippen molar-refractivity contribution >= 4 is 34.9 Å². The number of aromatic nitrogens is 2. The van der Waals surface area contributed by atoms with Crippen molar-refractivity contribution in [2.45, 2.75) is 45.9 Å². The zero-order valence-electron chi connectivity index (χ0n) is 22.0. The van der Waals surface area contributed by atoms with E-state index in [0.717, 1.165) is 40.5 Å². The summed E-state index contributed by atoms with van der Waals surface area (Å²) >= 11 is 7.97. The summed E-state index contributed by atoms with van der Waals surface area (Å²) < 4.78 is 37.5. The maximum atomic E-state index is 11.0. The molecule has 1 aromatic heterocycles. The molecule has 13 heteroatoms. The Morgan fingerprint density at radius 1 is 1.15 bits per heavy atom. The number of carboxylic acid groups (broad SMARTS) is 2. The zero-order valence-corrected chi connectivity index (χ0v) is 23.6. The number of halogens is 4. The maximum absolute atomic E-state index is 11.0. The number of carboxylic acids is 2. The predicted octanol–water partition coefficient (Wildman–Crippen LogP) is 6.07. The lowest BCUT2D eigenvalue weighted by molar-refractivity contribution is -0.192. The minimum atomic E-state index is -5.08. The molecular formula is C27H29ClF3N3O5S.